The summed E-state index contributed by atoms with van der Waals surface area (Å²) in [6.45, 7) is 4.82. The Kier molecular flexibility index (Phi) is 5.66. The molecule has 1 aliphatic rings. The summed E-state index contributed by atoms with van der Waals surface area (Å²) in [5, 5.41) is 0. The van der Waals surface area contributed by atoms with Crippen molar-refractivity contribution in [2.75, 3.05) is 43.4 Å². The molecule has 3 rings (SSSR count). The second-order valence-electron chi connectivity index (χ2n) is 6.43. The quantitative estimate of drug-likeness (QED) is 0.647. The Bertz CT molecular complexity index is 712. The highest BCUT2D eigenvalue weighted by atomic mass is 19.1. The number of carbonyl (C=O) groups is 1. The molecular weight excluding hydrogens is 317 g/mol. The number of benzene rings is 2. The number of piperazine rings is 1. The van der Waals surface area contributed by atoms with Crippen LogP contribution < -0.4 is 10.6 Å². The van der Waals surface area contributed by atoms with E-state index in [1.54, 1.807) is 6.07 Å². The minimum Gasteiger partial charge on any atom is -0.399 e. The van der Waals surface area contributed by atoms with E-state index < -0.39 is 5.82 Å². The summed E-state index contributed by atoms with van der Waals surface area (Å²) in [6.07, 6.45) is 1.10. The number of halogens is 1. The molecule has 1 saturated heterocycles. The summed E-state index contributed by atoms with van der Waals surface area (Å²) < 4.78 is 13.8. The normalized spacial score (nSPS) is 15.3. The highest BCUT2D eigenvalue weighted by Gasteiger charge is 2.17. The van der Waals surface area contributed by atoms with E-state index in [9.17, 15) is 9.18 Å². The van der Waals surface area contributed by atoms with Crippen LogP contribution >= 0.6 is 0 Å². The zero-order chi connectivity index (χ0) is 17.6. The zero-order valence-corrected chi connectivity index (χ0v) is 14.3. The van der Waals surface area contributed by atoms with Crippen LogP contribution in [0.1, 0.15) is 23.2 Å². The van der Waals surface area contributed by atoms with Crippen LogP contribution in [0.15, 0.2) is 48.5 Å². The fraction of sp³-hybridized carbons (Fsp3) is 0.350. The van der Waals surface area contributed by atoms with Crippen LogP contribution in [0.2, 0.25) is 0 Å². The van der Waals surface area contributed by atoms with Gasteiger partial charge in [0.2, 0.25) is 0 Å². The predicted molar refractivity (Wildman–Crippen MR) is 99.5 cm³/mol. The molecule has 0 bridgehead atoms. The standard InChI is InChI=1S/C20H24FN3O/c21-19-15-16(22)8-9-18(19)20(25)7-4-10-23-11-13-24(14-12-23)17-5-2-1-3-6-17/h1-3,5-6,8-9,15H,4,7,10-14,22H2. The Morgan fingerprint density at radius 2 is 1.76 bits per heavy atom. The molecule has 5 heteroatoms. The van der Waals surface area contributed by atoms with E-state index in [-0.39, 0.29) is 11.3 Å². The van der Waals surface area contributed by atoms with Gasteiger partial charge in [-0.1, -0.05) is 18.2 Å². The summed E-state index contributed by atoms with van der Waals surface area (Å²) in [5.74, 6) is -0.679. The van der Waals surface area contributed by atoms with E-state index in [2.05, 4.69) is 34.1 Å². The first-order valence-corrected chi connectivity index (χ1v) is 8.74. The molecule has 2 aromatic rings. The number of nitrogens with zero attached hydrogens (tertiary/aromatic N) is 2. The monoisotopic (exact) mass is 341 g/mol. The Morgan fingerprint density at radius 1 is 1.04 bits per heavy atom. The highest BCUT2D eigenvalue weighted by molar-refractivity contribution is 5.96. The van der Waals surface area contributed by atoms with E-state index >= 15 is 0 Å². The van der Waals surface area contributed by atoms with Gasteiger partial charge in [0.1, 0.15) is 5.82 Å². The zero-order valence-electron chi connectivity index (χ0n) is 14.3. The third kappa shape index (κ3) is 4.57. The molecule has 2 N–H and O–H groups in total. The second-order valence-corrected chi connectivity index (χ2v) is 6.43. The Labute approximate surface area is 148 Å². The molecule has 1 aliphatic heterocycles. The van der Waals surface area contributed by atoms with Crippen LogP contribution in [-0.2, 0) is 0 Å². The molecule has 1 fully saturated rings. The maximum atomic E-state index is 13.8. The first-order valence-electron chi connectivity index (χ1n) is 8.74. The average molecular weight is 341 g/mol. The van der Waals surface area contributed by atoms with Gasteiger partial charge in [0.15, 0.2) is 5.78 Å². The first kappa shape index (κ1) is 17.4. The minimum atomic E-state index is -0.526. The maximum Gasteiger partial charge on any atom is 0.165 e. The molecule has 0 atom stereocenters. The van der Waals surface area contributed by atoms with Gasteiger partial charge >= 0.3 is 0 Å². The first-order chi connectivity index (χ1) is 12.1. The number of para-hydroxylation sites is 1. The number of hydrogen-bond acceptors (Lipinski definition) is 4. The van der Waals surface area contributed by atoms with Gasteiger partial charge in [-0.05, 0) is 43.3 Å². The second kappa shape index (κ2) is 8.12. The van der Waals surface area contributed by atoms with Gasteiger partial charge in [0, 0.05) is 44.0 Å². The van der Waals surface area contributed by atoms with Crippen molar-refractivity contribution in [3.05, 3.63) is 59.9 Å². The van der Waals surface area contributed by atoms with E-state index in [1.165, 1.54) is 17.8 Å². The minimum absolute atomic E-state index is 0.142. The topological polar surface area (TPSA) is 49.6 Å². The molecule has 0 amide bonds. The average Bonchev–Trinajstić information content (AvgIpc) is 2.63. The SMILES string of the molecule is Nc1ccc(C(=O)CCCN2CCN(c3ccccc3)CC2)c(F)c1. The van der Waals surface area contributed by atoms with Gasteiger partial charge in [0.05, 0.1) is 5.56 Å². The van der Waals surface area contributed by atoms with E-state index in [0.29, 0.717) is 12.1 Å². The third-order valence-corrected chi connectivity index (χ3v) is 4.67. The smallest absolute Gasteiger partial charge is 0.165 e. The molecule has 0 aliphatic carbocycles. The van der Waals surface area contributed by atoms with Crippen LogP contribution in [-0.4, -0.2) is 43.4 Å². The van der Waals surface area contributed by atoms with Crippen LogP contribution in [0.5, 0.6) is 0 Å². The fourth-order valence-corrected chi connectivity index (χ4v) is 3.22. The van der Waals surface area contributed by atoms with Crippen LogP contribution in [0.25, 0.3) is 0 Å². The summed E-state index contributed by atoms with van der Waals surface area (Å²) in [7, 11) is 0. The Hall–Kier alpha value is -2.40. The number of hydrogen-bond donors (Lipinski definition) is 1. The number of nitrogens with two attached hydrogens (primary N) is 1. The highest BCUT2D eigenvalue weighted by Crippen LogP contribution is 2.17. The van der Waals surface area contributed by atoms with Crippen molar-refractivity contribution in [2.24, 2.45) is 0 Å². The number of anilines is 2. The van der Waals surface area contributed by atoms with Gasteiger partial charge in [0.25, 0.3) is 0 Å². The summed E-state index contributed by atoms with van der Waals surface area (Å²) in [4.78, 5) is 16.9. The number of nitrogen functional groups attached to an aromatic ring is 1. The maximum absolute atomic E-state index is 13.8. The van der Waals surface area contributed by atoms with Gasteiger partial charge in [-0.15, -0.1) is 0 Å². The molecule has 2 aromatic carbocycles. The summed E-state index contributed by atoms with van der Waals surface area (Å²) >= 11 is 0. The number of carbonyl (C=O) groups excluding carboxylic acids is 1. The van der Waals surface area contributed by atoms with Gasteiger partial charge in [-0.3, -0.25) is 9.69 Å². The molecule has 132 valence electrons. The molecule has 0 radical (unpaired) electrons. The lowest BCUT2D eigenvalue weighted by Gasteiger charge is -2.36. The lowest BCUT2D eigenvalue weighted by Crippen LogP contribution is -2.46. The van der Waals surface area contributed by atoms with E-state index in [1.807, 2.05) is 6.07 Å². The van der Waals surface area contributed by atoms with Gasteiger partial charge in [-0.2, -0.15) is 0 Å². The lowest BCUT2D eigenvalue weighted by atomic mass is 10.1. The summed E-state index contributed by atoms with van der Waals surface area (Å²) in [6, 6.07) is 14.7. The Morgan fingerprint density at radius 3 is 2.44 bits per heavy atom. The van der Waals surface area contributed by atoms with Crippen molar-refractivity contribution in [3.63, 3.8) is 0 Å². The molecule has 0 unspecified atom stereocenters. The molecule has 0 spiro atoms. The van der Waals surface area contributed by atoms with Crippen molar-refractivity contribution in [3.8, 4) is 0 Å². The van der Waals surface area contributed by atoms with Crippen molar-refractivity contribution >= 4 is 17.2 Å². The molecular formula is C20H24FN3O. The van der Waals surface area contributed by atoms with Crippen LogP contribution in [0.4, 0.5) is 15.8 Å². The van der Waals surface area contributed by atoms with Gasteiger partial charge in [-0.25, -0.2) is 4.39 Å². The Balaban J connectivity index is 1.42. The molecule has 1 heterocycles. The predicted octanol–water partition coefficient (Wildman–Crippen LogP) is 3.19. The van der Waals surface area contributed by atoms with E-state index in [0.717, 1.165) is 39.1 Å². The molecule has 0 aromatic heterocycles. The molecule has 0 saturated carbocycles. The molecule has 4 nitrogen and oxygen atoms in total. The molecule has 25 heavy (non-hydrogen) atoms. The lowest BCUT2D eigenvalue weighted by molar-refractivity contribution is 0.0970. The summed E-state index contributed by atoms with van der Waals surface area (Å²) in [5.41, 5.74) is 7.26. The number of Topliss-reactive ketones (excluding diaryl/α,β-unsaturated/α-hetero) is 1. The van der Waals surface area contributed by atoms with Crippen LogP contribution in [0.3, 0.4) is 0 Å². The van der Waals surface area contributed by atoms with Crippen molar-refractivity contribution in [2.45, 2.75) is 12.8 Å². The fourth-order valence-electron chi connectivity index (χ4n) is 3.22. The largest absolute Gasteiger partial charge is 0.399 e. The van der Waals surface area contributed by atoms with Crippen molar-refractivity contribution < 1.29 is 9.18 Å². The van der Waals surface area contributed by atoms with Crippen LogP contribution in [0, 0.1) is 5.82 Å². The number of rotatable bonds is 6. The van der Waals surface area contributed by atoms with Gasteiger partial charge < -0.3 is 10.6 Å². The van der Waals surface area contributed by atoms with Crippen molar-refractivity contribution in [1.82, 2.24) is 4.90 Å². The van der Waals surface area contributed by atoms with Crippen molar-refractivity contribution in [1.29, 1.82) is 0 Å². The number of ketones is 1. The third-order valence-electron chi connectivity index (χ3n) is 4.67. The van der Waals surface area contributed by atoms with E-state index in [4.69, 9.17) is 5.73 Å².